The highest BCUT2D eigenvalue weighted by Gasteiger charge is 2.38. The van der Waals surface area contributed by atoms with Crippen molar-refractivity contribution < 1.29 is 14.4 Å². The topological polar surface area (TPSA) is 90.9 Å². The SMILES string of the molecule is CC(=O)Nc1ccc(N=C[C@@H]2C(=O)NC(=S)N(c3ccc(Br)cc3)C2=O)cc1. The van der Waals surface area contributed by atoms with Crippen LogP contribution in [0.15, 0.2) is 58.0 Å². The molecule has 1 aliphatic heterocycles. The van der Waals surface area contributed by atoms with Crippen LogP contribution in [0, 0.1) is 5.92 Å². The molecule has 2 aromatic carbocycles. The number of thiocarbonyl (C=S) groups is 1. The summed E-state index contributed by atoms with van der Waals surface area (Å²) < 4.78 is 0.858. The molecular weight excluding hydrogens is 444 g/mol. The molecule has 0 radical (unpaired) electrons. The molecule has 0 spiro atoms. The highest BCUT2D eigenvalue weighted by molar-refractivity contribution is 9.10. The first kappa shape index (κ1) is 19.8. The van der Waals surface area contributed by atoms with E-state index in [0.29, 0.717) is 17.1 Å². The number of nitrogens with zero attached hydrogens (tertiary/aromatic N) is 2. The fraction of sp³-hybridized carbons (Fsp3) is 0.105. The lowest BCUT2D eigenvalue weighted by molar-refractivity contribution is -0.130. The van der Waals surface area contributed by atoms with Crippen LogP contribution < -0.4 is 15.5 Å². The first-order valence-corrected chi connectivity index (χ1v) is 9.41. The van der Waals surface area contributed by atoms with Crippen molar-refractivity contribution in [2.75, 3.05) is 10.2 Å². The van der Waals surface area contributed by atoms with Gasteiger partial charge in [-0.25, -0.2) is 0 Å². The molecule has 1 saturated heterocycles. The molecule has 2 aromatic rings. The summed E-state index contributed by atoms with van der Waals surface area (Å²) in [6.45, 7) is 1.42. The van der Waals surface area contributed by atoms with E-state index >= 15 is 0 Å². The molecule has 1 heterocycles. The standard InChI is InChI=1S/C19H15BrN4O3S/c1-11(25)22-14-6-4-13(5-7-14)21-10-16-17(26)23-19(28)24(18(16)27)15-8-2-12(20)3-9-15/h2-10,16H,1H3,(H,22,25)(H,23,26,28)/t16-/m1/s1. The van der Waals surface area contributed by atoms with E-state index in [1.807, 2.05) is 0 Å². The van der Waals surface area contributed by atoms with Crippen LogP contribution in [-0.2, 0) is 14.4 Å². The van der Waals surface area contributed by atoms with Crippen LogP contribution in [0.4, 0.5) is 17.1 Å². The molecule has 28 heavy (non-hydrogen) atoms. The number of benzene rings is 2. The lowest BCUT2D eigenvalue weighted by Gasteiger charge is -2.30. The number of halogens is 1. The number of rotatable bonds is 4. The van der Waals surface area contributed by atoms with E-state index in [-0.39, 0.29) is 11.0 Å². The highest BCUT2D eigenvalue weighted by Crippen LogP contribution is 2.23. The van der Waals surface area contributed by atoms with Crippen LogP contribution in [0.3, 0.4) is 0 Å². The molecule has 2 N–H and O–H groups in total. The van der Waals surface area contributed by atoms with E-state index < -0.39 is 17.7 Å². The van der Waals surface area contributed by atoms with Gasteiger partial charge in [-0.15, -0.1) is 0 Å². The third kappa shape index (κ3) is 4.49. The lowest BCUT2D eigenvalue weighted by Crippen LogP contribution is -2.58. The molecule has 0 bridgehead atoms. The number of amides is 3. The smallest absolute Gasteiger partial charge is 0.251 e. The van der Waals surface area contributed by atoms with E-state index in [0.717, 1.165) is 4.47 Å². The quantitative estimate of drug-likeness (QED) is 0.418. The third-order valence-corrected chi connectivity index (χ3v) is 4.66. The molecule has 3 rings (SSSR count). The molecule has 1 atom stereocenters. The Morgan fingerprint density at radius 2 is 1.82 bits per heavy atom. The van der Waals surface area contributed by atoms with Crippen molar-refractivity contribution in [1.82, 2.24) is 5.32 Å². The predicted octanol–water partition coefficient (Wildman–Crippen LogP) is 3.17. The van der Waals surface area contributed by atoms with Crippen molar-refractivity contribution in [3.05, 3.63) is 53.0 Å². The molecule has 0 unspecified atom stereocenters. The van der Waals surface area contributed by atoms with Crippen molar-refractivity contribution in [1.29, 1.82) is 0 Å². The average Bonchev–Trinajstić information content (AvgIpc) is 2.63. The van der Waals surface area contributed by atoms with Gasteiger partial charge in [-0.05, 0) is 60.7 Å². The summed E-state index contributed by atoms with van der Waals surface area (Å²) in [6.07, 6.45) is 1.29. The summed E-state index contributed by atoms with van der Waals surface area (Å²) in [5.74, 6) is -2.29. The normalized spacial score (nSPS) is 17.0. The maximum absolute atomic E-state index is 12.9. The zero-order valence-corrected chi connectivity index (χ0v) is 17.1. The number of anilines is 2. The Hall–Kier alpha value is -2.91. The minimum atomic E-state index is -1.11. The van der Waals surface area contributed by atoms with E-state index in [1.54, 1.807) is 48.5 Å². The maximum atomic E-state index is 12.9. The van der Waals surface area contributed by atoms with E-state index in [9.17, 15) is 14.4 Å². The van der Waals surface area contributed by atoms with Gasteiger partial charge in [0.1, 0.15) is 0 Å². The predicted molar refractivity (Wildman–Crippen MR) is 115 cm³/mol. The monoisotopic (exact) mass is 458 g/mol. The molecule has 0 aromatic heterocycles. The van der Waals surface area contributed by atoms with Crippen LogP contribution in [0.5, 0.6) is 0 Å². The van der Waals surface area contributed by atoms with Gasteiger partial charge in [-0.1, -0.05) is 15.9 Å². The van der Waals surface area contributed by atoms with Gasteiger partial charge in [-0.2, -0.15) is 0 Å². The Bertz CT molecular complexity index is 974. The van der Waals surface area contributed by atoms with Gasteiger partial charge in [0.05, 0.1) is 11.4 Å². The third-order valence-electron chi connectivity index (χ3n) is 3.85. The fourth-order valence-corrected chi connectivity index (χ4v) is 3.11. The largest absolute Gasteiger partial charge is 0.326 e. The van der Waals surface area contributed by atoms with Gasteiger partial charge >= 0.3 is 0 Å². The Balaban J connectivity index is 1.80. The van der Waals surface area contributed by atoms with Crippen molar-refractivity contribution in [2.45, 2.75) is 6.92 Å². The van der Waals surface area contributed by atoms with Crippen LogP contribution in [-0.4, -0.2) is 29.0 Å². The second kappa shape index (κ2) is 8.41. The average molecular weight is 459 g/mol. The van der Waals surface area contributed by atoms with Gasteiger partial charge in [0.15, 0.2) is 11.0 Å². The number of carbonyl (C=O) groups is 3. The maximum Gasteiger partial charge on any atom is 0.251 e. The van der Waals surface area contributed by atoms with Crippen LogP contribution in [0.25, 0.3) is 0 Å². The van der Waals surface area contributed by atoms with Gasteiger partial charge in [-0.3, -0.25) is 24.3 Å². The molecule has 1 fully saturated rings. The summed E-state index contributed by atoms with van der Waals surface area (Å²) in [6, 6.07) is 13.7. The fourth-order valence-electron chi connectivity index (χ4n) is 2.55. The Kier molecular flexibility index (Phi) is 5.96. The van der Waals surface area contributed by atoms with E-state index in [4.69, 9.17) is 12.2 Å². The van der Waals surface area contributed by atoms with Gasteiger partial charge in [0.2, 0.25) is 11.8 Å². The molecule has 142 valence electrons. The molecule has 7 nitrogen and oxygen atoms in total. The van der Waals surface area contributed by atoms with Crippen LogP contribution in [0.2, 0.25) is 0 Å². The minimum absolute atomic E-state index is 0.0293. The number of aliphatic imine (C=N–C) groups is 1. The van der Waals surface area contributed by atoms with E-state index in [1.165, 1.54) is 18.0 Å². The summed E-state index contributed by atoms with van der Waals surface area (Å²) >= 11 is 8.50. The zero-order valence-electron chi connectivity index (χ0n) is 14.7. The van der Waals surface area contributed by atoms with Crippen LogP contribution in [0.1, 0.15) is 6.92 Å². The zero-order chi connectivity index (χ0) is 20.3. The summed E-state index contributed by atoms with van der Waals surface area (Å²) in [5.41, 5.74) is 1.72. The molecule has 3 amide bonds. The first-order valence-electron chi connectivity index (χ1n) is 8.21. The van der Waals surface area contributed by atoms with Gasteiger partial charge in [0.25, 0.3) is 5.91 Å². The molecule has 0 saturated carbocycles. The van der Waals surface area contributed by atoms with Crippen LogP contribution >= 0.6 is 28.1 Å². The molecule has 0 aliphatic carbocycles. The molecule has 9 heteroatoms. The second-order valence-electron chi connectivity index (χ2n) is 5.93. The summed E-state index contributed by atoms with van der Waals surface area (Å²) in [4.78, 5) is 41.7. The number of carbonyl (C=O) groups excluding carboxylic acids is 3. The number of hydrogen-bond donors (Lipinski definition) is 2. The van der Waals surface area contributed by atoms with Crippen molar-refractivity contribution in [3.63, 3.8) is 0 Å². The lowest BCUT2D eigenvalue weighted by atomic mass is 10.1. The minimum Gasteiger partial charge on any atom is -0.326 e. The van der Waals surface area contributed by atoms with Crippen molar-refractivity contribution in [3.8, 4) is 0 Å². The number of hydrogen-bond acceptors (Lipinski definition) is 5. The molecule has 1 aliphatic rings. The highest BCUT2D eigenvalue weighted by atomic mass is 79.9. The van der Waals surface area contributed by atoms with Gasteiger partial charge < -0.3 is 10.6 Å². The Labute approximate surface area is 175 Å². The van der Waals surface area contributed by atoms with Gasteiger partial charge in [0, 0.05) is 23.3 Å². The van der Waals surface area contributed by atoms with Crippen molar-refractivity contribution >= 4 is 74.3 Å². The number of nitrogens with one attached hydrogen (secondary N) is 2. The summed E-state index contributed by atoms with van der Waals surface area (Å²) in [7, 11) is 0. The first-order chi connectivity index (χ1) is 13.3. The van der Waals surface area contributed by atoms with Crippen molar-refractivity contribution in [2.24, 2.45) is 10.9 Å². The Morgan fingerprint density at radius 1 is 1.18 bits per heavy atom. The molecular formula is C19H15BrN4O3S. The van der Waals surface area contributed by atoms with E-state index in [2.05, 4.69) is 31.6 Å². The second-order valence-corrected chi connectivity index (χ2v) is 7.23. The summed E-state index contributed by atoms with van der Waals surface area (Å²) in [5, 5.41) is 5.22. The Morgan fingerprint density at radius 3 is 2.43 bits per heavy atom.